The van der Waals surface area contributed by atoms with E-state index in [1.54, 1.807) is 6.07 Å². The molecule has 19 heavy (non-hydrogen) atoms. The Balaban J connectivity index is 2.25. The maximum Gasteiger partial charge on any atom is 0.141 e. The van der Waals surface area contributed by atoms with E-state index in [0.717, 1.165) is 0 Å². The van der Waals surface area contributed by atoms with Crippen LogP contribution in [0.4, 0.5) is 8.78 Å². The van der Waals surface area contributed by atoms with E-state index in [1.165, 1.54) is 30.3 Å². The highest BCUT2D eigenvalue weighted by molar-refractivity contribution is 6.31. The van der Waals surface area contributed by atoms with Crippen LogP contribution >= 0.6 is 23.2 Å². The molecule has 1 unspecified atom stereocenters. The van der Waals surface area contributed by atoms with Crippen LogP contribution in [0.5, 0.6) is 0 Å². The van der Waals surface area contributed by atoms with Gasteiger partial charge in [-0.3, -0.25) is 0 Å². The van der Waals surface area contributed by atoms with Crippen molar-refractivity contribution >= 4 is 23.2 Å². The van der Waals surface area contributed by atoms with Crippen LogP contribution in [0, 0.1) is 11.6 Å². The normalized spacial score (nSPS) is 12.5. The van der Waals surface area contributed by atoms with Gasteiger partial charge in [0.05, 0.1) is 5.02 Å². The molecule has 0 bridgehead atoms. The molecule has 0 heterocycles. The number of hydrogen-bond donors (Lipinski definition) is 1. The van der Waals surface area contributed by atoms with Crippen molar-refractivity contribution in [3.8, 4) is 0 Å². The van der Waals surface area contributed by atoms with Crippen LogP contribution in [-0.2, 0) is 6.42 Å². The first-order valence-electron chi connectivity index (χ1n) is 5.62. The molecule has 0 spiro atoms. The molecule has 0 aliphatic rings. The molecule has 2 aromatic rings. The van der Waals surface area contributed by atoms with E-state index in [-0.39, 0.29) is 11.4 Å². The first kappa shape index (κ1) is 14.3. The fraction of sp³-hybridized carbons (Fsp3) is 0.143. The number of nitrogens with two attached hydrogens (primary N) is 1. The fourth-order valence-electron chi connectivity index (χ4n) is 1.81. The Hall–Kier alpha value is -1.16. The number of benzene rings is 2. The molecule has 0 aliphatic heterocycles. The highest BCUT2D eigenvalue weighted by Crippen LogP contribution is 2.26. The minimum Gasteiger partial charge on any atom is -0.324 e. The van der Waals surface area contributed by atoms with E-state index in [0.29, 0.717) is 16.1 Å². The van der Waals surface area contributed by atoms with Gasteiger partial charge in [0.15, 0.2) is 0 Å². The van der Waals surface area contributed by atoms with Gasteiger partial charge in [-0.1, -0.05) is 35.3 Å². The Morgan fingerprint density at radius 2 is 1.74 bits per heavy atom. The van der Waals surface area contributed by atoms with Gasteiger partial charge in [-0.05, 0) is 36.2 Å². The molecule has 0 aliphatic carbocycles. The van der Waals surface area contributed by atoms with E-state index in [4.69, 9.17) is 28.9 Å². The van der Waals surface area contributed by atoms with Gasteiger partial charge >= 0.3 is 0 Å². The first-order valence-corrected chi connectivity index (χ1v) is 6.38. The van der Waals surface area contributed by atoms with Crippen LogP contribution in [0.1, 0.15) is 17.2 Å². The van der Waals surface area contributed by atoms with Crippen LogP contribution in [-0.4, -0.2) is 0 Å². The Morgan fingerprint density at radius 1 is 1.00 bits per heavy atom. The lowest BCUT2D eigenvalue weighted by Gasteiger charge is -2.14. The number of halogens is 4. The van der Waals surface area contributed by atoms with Crippen molar-refractivity contribution in [2.75, 3.05) is 0 Å². The summed E-state index contributed by atoms with van der Waals surface area (Å²) in [6.07, 6.45) is 0.216. The maximum atomic E-state index is 13.6. The zero-order valence-corrected chi connectivity index (χ0v) is 11.3. The summed E-state index contributed by atoms with van der Waals surface area (Å²) in [6, 6.07) is 8.15. The summed E-state index contributed by atoms with van der Waals surface area (Å²) in [5, 5.41) is 0.316. The van der Waals surface area contributed by atoms with Crippen LogP contribution in [0.3, 0.4) is 0 Å². The van der Waals surface area contributed by atoms with E-state index in [9.17, 15) is 8.78 Å². The molecule has 2 aromatic carbocycles. The highest BCUT2D eigenvalue weighted by Gasteiger charge is 2.14. The molecular weight excluding hydrogens is 291 g/mol. The van der Waals surface area contributed by atoms with Gasteiger partial charge in [-0.15, -0.1) is 0 Å². The third-order valence-electron chi connectivity index (χ3n) is 2.86. The van der Waals surface area contributed by atoms with Crippen molar-refractivity contribution < 1.29 is 8.78 Å². The second-order valence-electron chi connectivity index (χ2n) is 4.18. The van der Waals surface area contributed by atoms with Crippen molar-refractivity contribution in [1.29, 1.82) is 0 Å². The summed E-state index contributed by atoms with van der Waals surface area (Å²) in [5.74, 6) is -0.919. The zero-order valence-electron chi connectivity index (χ0n) is 9.84. The van der Waals surface area contributed by atoms with Crippen LogP contribution in [0.25, 0.3) is 0 Å². The predicted octanol–water partition coefficient (Wildman–Crippen LogP) is 4.51. The Bertz CT molecular complexity index is 582. The largest absolute Gasteiger partial charge is 0.324 e. The SMILES string of the molecule is NC(Cc1c(F)cccc1Cl)c1ccc(F)c(Cl)c1. The summed E-state index contributed by atoms with van der Waals surface area (Å²) >= 11 is 11.6. The molecule has 0 radical (unpaired) electrons. The number of rotatable bonds is 3. The highest BCUT2D eigenvalue weighted by atomic mass is 35.5. The van der Waals surface area contributed by atoms with Crippen molar-refractivity contribution in [3.63, 3.8) is 0 Å². The predicted molar refractivity (Wildman–Crippen MR) is 73.5 cm³/mol. The lowest BCUT2D eigenvalue weighted by Crippen LogP contribution is -2.14. The molecule has 0 aromatic heterocycles. The summed E-state index contributed by atoms with van der Waals surface area (Å²) in [7, 11) is 0. The van der Waals surface area contributed by atoms with Crippen molar-refractivity contribution in [3.05, 3.63) is 69.2 Å². The Morgan fingerprint density at radius 3 is 2.37 bits per heavy atom. The van der Waals surface area contributed by atoms with Gasteiger partial charge in [-0.2, -0.15) is 0 Å². The second-order valence-corrected chi connectivity index (χ2v) is 5.00. The molecule has 0 saturated heterocycles. The van der Waals surface area contributed by atoms with Crippen molar-refractivity contribution in [2.24, 2.45) is 5.73 Å². The summed E-state index contributed by atoms with van der Waals surface area (Å²) in [5.41, 5.74) is 6.95. The lowest BCUT2D eigenvalue weighted by atomic mass is 9.99. The van der Waals surface area contributed by atoms with Gasteiger partial charge in [0.1, 0.15) is 11.6 Å². The molecule has 2 rings (SSSR count). The van der Waals surface area contributed by atoms with E-state index in [1.807, 2.05) is 0 Å². The molecule has 0 saturated carbocycles. The first-order chi connectivity index (χ1) is 8.99. The zero-order chi connectivity index (χ0) is 14.0. The monoisotopic (exact) mass is 301 g/mol. The van der Waals surface area contributed by atoms with E-state index in [2.05, 4.69) is 0 Å². The van der Waals surface area contributed by atoms with Crippen LogP contribution < -0.4 is 5.73 Å². The number of hydrogen-bond acceptors (Lipinski definition) is 1. The molecule has 1 atom stereocenters. The summed E-state index contributed by atoms with van der Waals surface area (Å²) in [4.78, 5) is 0. The molecular formula is C14H11Cl2F2N. The van der Waals surface area contributed by atoms with E-state index >= 15 is 0 Å². The third-order valence-corrected chi connectivity index (χ3v) is 3.50. The second kappa shape index (κ2) is 5.87. The average molecular weight is 302 g/mol. The van der Waals surface area contributed by atoms with Crippen molar-refractivity contribution in [1.82, 2.24) is 0 Å². The minimum atomic E-state index is -0.512. The van der Waals surface area contributed by atoms with Crippen molar-refractivity contribution in [2.45, 2.75) is 12.5 Å². The average Bonchev–Trinajstić information content (AvgIpc) is 2.37. The van der Waals surface area contributed by atoms with Gasteiger partial charge in [0.25, 0.3) is 0 Å². The lowest BCUT2D eigenvalue weighted by molar-refractivity contribution is 0.592. The van der Waals surface area contributed by atoms with Crippen LogP contribution in [0.2, 0.25) is 10.0 Å². The minimum absolute atomic E-state index is 0.00687. The van der Waals surface area contributed by atoms with Gasteiger partial charge < -0.3 is 5.73 Å². The molecule has 5 heteroatoms. The fourth-order valence-corrected chi connectivity index (χ4v) is 2.24. The van der Waals surface area contributed by atoms with Gasteiger partial charge in [0.2, 0.25) is 0 Å². The quantitative estimate of drug-likeness (QED) is 0.886. The summed E-state index contributed by atoms with van der Waals surface area (Å²) < 4.78 is 26.7. The Kier molecular flexibility index (Phi) is 4.40. The third kappa shape index (κ3) is 3.24. The summed E-state index contributed by atoms with van der Waals surface area (Å²) in [6.45, 7) is 0. The van der Waals surface area contributed by atoms with Gasteiger partial charge in [0, 0.05) is 16.6 Å². The maximum absolute atomic E-state index is 13.6. The molecule has 100 valence electrons. The topological polar surface area (TPSA) is 26.0 Å². The molecule has 1 nitrogen and oxygen atoms in total. The standard InChI is InChI=1S/C14H11Cl2F2N/c15-10-2-1-3-12(17)9(10)7-14(19)8-4-5-13(18)11(16)6-8/h1-6,14H,7,19H2. The van der Waals surface area contributed by atoms with Crippen LogP contribution in [0.15, 0.2) is 36.4 Å². The van der Waals surface area contributed by atoms with Gasteiger partial charge in [-0.25, -0.2) is 8.78 Å². The molecule has 0 fully saturated rings. The van der Waals surface area contributed by atoms with E-state index < -0.39 is 17.7 Å². The Labute approximate surface area is 119 Å². The molecule has 2 N–H and O–H groups in total. The molecule has 0 amide bonds. The smallest absolute Gasteiger partial charge is 0.141 e.